The SMILES string of the molecule is COc1cc(/C=C/C(=O)O)cc(OC)c1O.COc1cc(/C=C/C(=O)O)ccc1O.COc1cc(/C=C/C(=O)OCC[N+](C)(C)C)cc(OC)c1O. The number of carbonyl (C=O) groups excluding carboxylic acids is 1. The Morgan fingerprint density at radius 1 is 0.577 bits per heavy atom. The quantitative estimate of drug-likeness (QED) is 0.0868. The first-order chi connectivity index (χ1) is 24.5. The first-order valence-electron chi connectivity index (χ1n) is 15.2. The van der Waals surface area contributed by atoms with E-state index in [-0.39, 0.29) is 40.2 Å². The van der Waals surface area contributed by atoms with Crippen LogP contribution in [0.3, 0.4) is 0 Å². The highest BCUT2D eigenvalue weighted by molar-refractivity contribution is 5.87. The van der Waals surface area contributed by atoms with E-state index in [1.165, 1.54) is 72.0 Å². The van der Waals surface area contributed by atoms with Crippen LogP contribution in [0, 0.1) is 0 Å². The fourth-order valence-corrected chi connectivity index (χ4v) is 3.79. The normalized spacial score (nSPS) is 10.8. The average molecular weight is 729 g/mol. The molecule has 3 aromatic carbocycles. The van der Waals surface area contributed by atoms with Gasteiger partial charge in [-0.3, -0.25) is 0 Å². The van der Waals surface area contributed by atoms with E-state index in [0.29, 0.717) is 29.0 Å². The Labute approximate surface area is 302 Å². The number of hydrogen-bond acceptors (Lipinski definition) is 12. The van der Waals surface area contributed by atoms with Crippen LogP contribution in [0.2, 0.25) is 0 Å². The third kappa shape index (κ3) is 15.9. The van der Waals surface area contributed by atoms with Crippen molar-refractivity contribution in [3.05, 3.63) is 77.4 Å². The van der Waals surface area contributed by atoms with E-state index in [0.717, 1.165) is 23.2 Å². The van der Waals surface area contributed by atoms with Crippen LogP contribution in [0.1, 0.15) is 16.7 Å². The molecule has 0 aliphatic heterocycles. The molecule has 52 heavy (non-hydrogen) atoms. The molecule has 0 aliphatic carbocycles. The zero-order chi connectivity index (χ0) is 39.4. The van der Waals surface area contributed by atoms with Gasteiger partial charge in [0.25, 0.3) is 0 Å². The molecule has 0 amide bonds. The summed E-state index contributed by atoms with van der Waals surface area (Å²) in [5, 5.41) is 45.5. The number of hydrogen-bond donors (Lipinski definition) is 5. The summed E-state index contributed by atoms with van der Waals surface area (Å²) in [6, 6.07) is 10.8. The fourth-order valence-electron chi connectivity index (χ4n) is 3.79. The second-order valence-electron chi connectivity index (χ2n) is 11.3. The van der Waals surface area contributed by atoms with E-state index in [2.05, 4.69) is 0 Å². The van der Waals surface area contributed by atoms with Crippen molar-refractivity contribution in [2.75, 3.05) is 69.8 Å². The molecule has 0 radical (unpaired) electrons. The van der Waals surface area contributed by atoms with Crippen LogP contribution in [0.15, 0.2) is 60.7 Å². The number of aliphatic carboxylic acids is 2. The number of ether oxygens (including phenoxy) is 6. The zero-order valence-corrected chi connectivity index (χ0v) is 30.3. The molecule has 0 saturated heterocycles. The lowest BCUT2D eigenvalue weighted by Crippen LogP contribution is -2.37. The van der Waals surface area contributed by atoms with Crippen molar-refractivity contribution in [1.82, 2.24) is 0 Å². The van der Waals surface area contributed by atoms with Crippen molar-refractivity contribution >= 4 is 36.1 Å². The number of carboxylic acids is 2. The number of carboxylic acid groups (broad SMARTS) is 2. The molecule has 5 N–H and O–H groups in total. The zero-order valence-electron chi connectivity index (χ0n) is 30.3. The molecule has 3 rings (SSSR count). The van der Waals surface area contributed by atoms with Gasteiger partial charge in [0.05, 0.1) is 56.7 Å². The molecule has 15 heteroatoms. The highest BCUT2D eigenvalue weighted by Gasteiger charge is 2.12. The lowest BCUT2D eigenvalue weighted by molar-refractivity contribution is -0.870. The van der Waals surface area contributed by atoms with Crippen molar-refractivity contribution in [1.29, 1.82) is 0 Å². The Hall–Kier alpha value is -6.35. The van der Waals surface area contributed by atoms with E-state index < -0.39 is 17.9 Å². The van der Waals surface area contributed by atoms with Gasteiger partial charge in [0.15, 0.2) is 34.5 Å². The summed E-state index contributed by atoms with van der Waals surface area (Å²) in [6.45, 7) is 1.09. The Kier molecular flexibility index (Phi) is 18.2. The number of nitrogens with zero attached hydrogens (tertiary/aromatic N) is 1. The maximum atomic E-state index is 11.7. The predicted molar refractivity (Wildman–Crippen MR) is 193 cm³/mol. The van der Waals surface area contributed by atoms with Gasteiger partial charge in [-0.1, -0.05) is 6.07 Å². The van der Waals surface area contributed by atoms with Crippen LogP contribution in [0.5, 0.6) is 46.0 Å². The number of methoxy groups -OCH3 is 5. The van der Waals surface area contributed by atoms with E-state index in [9.17, 15) is 29.7 Å². The first-order valence-corrected chi connectivity index (χ1v) is 15.2. The van der Waals surface area contributed by atoms with Crippen LogP contribution in [0.25, 0.3) is 18.2 Å². The van der Waals surface area contributed by atoms with Crippen molar-refractivity contribution < 1.29 is 72.8 Å². The summed E-state index contributed by atoms with van der Waals surface area (Å²) in [5.41, 5.74) is 1.88. The van der Waals surface area contributed by atoms with Crippen molar-refractivity contribution in [2.45, 2.75) is 0 Å². The van der Waals surface area contributed by atoms with Gasteiger partial charge in [-0.05, 0) is 71.3 Å². The van der Waals surface area contributed by atoms with Gasteiger partial charge in [0, 0.05) is 18.2 Å². The molecule has 0 fully saturated rings. The lowest BCUT2D eigenvalue weighted by Gasteiger charge is -2.23. The van der Waals surface area contributed by atoms with Gasteiger partial charge < -0.3 is 58.4 Å². The van der Waals surface area contributed by atoms with Crippen LogP contribution >= 0.6 is 0 Å². The van der Waals surface area contributed by atoms with Crippen LogP contribution < -0.4 is 23.7 Å². The number of quaternary nitrogens is 1. The minimum absolute atomic E-state index is 0.0278. The number of likely N-dealkylation sites (N-methyl/N-ethyl adjacent to an activating group) is 1. The Morgan fingerprint density at radius 3 is 1.31 bits per heavy atom. The van der Waals surface area contributed by atoms with Gasteiger partial charge in [-0.2, -0.15) is 0 Å². The monoisotopic (exact) mass is 728 g/mol. The molecule has 0 heterocycles. The average Bonchev–Trinajstić information content (AvgIpc) is 3.10. The molecule has 15 nitrogen and oxygen atoms in total. The number of phenols is 3. The van der Waals surface area contributed by atoms with Gasteiger partial charge in [0.2, 0.25) is 11.5 Å². The predicted octanol–water partition coefficient (Wildman–Crippen LogP) is 4.68. The van der Waals surface area contributed by atoms with Gasteiger partial charge in [-0.25, -0.2) is 14.4 Å². The molecule has 0 aliphatic rings. The summed E-state index contributed by atoms with van der Waals surface area (Å²) in [5.74, 6) is -1.33. The summed E-state index contributed by atoms with van der Waals surface area (Å²) < 4.78 is 30.7. The molecular weight excluding hydrogens is 682 g/mol. The molecule has 0 aromatic heterocycles. The standard InChI is InChI=1S/C16H23NO5.C11H12O5.C10H10O4/c1-17(2,3)8-9-22-15(18)7-6-12-10-13(20-4)16(19)14(11-12)21-5;1-15-8-5-7(3-4-10(12)13)6-9(16-2)11(8)14;1-14-9-6-7(2-4-8(9)11)3-5-10(12)13/h6-7,10-11H,8-9H2,1-5H3;3-6,14H,1-2H3,(H,12,13);2-6,11H,1H3,(H,12,13)/p+1/b;4-3+;5-3+. The summed E-state index contributed by atoms with van der Waals surface area (Å²) in [4.78, 5) is 32.2. The molecule has 3 aromatic rings. The molecule has 0 spiro atoms. The minimum Gasteiger partial charge on any atom is -0.504 e. The highest BCUT2D eigenvalue weighted by Crippen LogP contribution is 2.38. The number of phenolic OH excluding ortho intramolecular Hbond substituents is 3. The van der Waals surface area contributed by atoms with Crippen LogP contribution in [-0.2, 0) is 19.1 Å². The number of carbonyl (C=O) groups is 3. The Balaban J connectivity index is 0.000000402. The Bertz CT molecular complexity index is 1690. The second-order valence-corrected chi connectivity index (χ2v) is 11.3. The summed E-state index contributed by atoms with van der Waals surface area (Å²) >= 11 is 0. The molecule has 282 valence electrons. The number of rotatable bonds is 14. The number of esters is 1. The number of aromatic hydroxyl groups is 3. The van der Waals surface area contributed by atoms with Gasteiger partial charge >= 0.3 is 17.9 Å². The van der Waals surface area contributed by atoms with E-state index in [1.807, 2.05) is 21.1 Å². The van der Waals surface area contributed by atoms with Gasteiger partial charge in [-0.15, -0.1) is 0 Å². The first kappa shape index (κ1) is 43.7. The smallest absolute Gasteiger partial charge is 0.330 e. The third-order valence-corrected chi connectivity index (χ3v) is 6.46. The lowest BCUT2D eigenvalue weighted by atomic mass is 10.1. The number of benzene rings is 3. The molecule has 0 bridgehead atoms. The van der Waals surface area contributed by atoms with Crippen molar-refractivity contribution in [3.8, 4) is 46.0 Å². The second kappa shape index (κ2) is 21.7. The van der Waals surface area contributed by atoms with Crippen molar-refractivity contribution in [2.24, 2.45) is 0 Å². The molecule has 0 unspecified atom stereocenters. The maximum Gasteiger partial charge on any atom is 0.330 e. The van der Waals surface area contributed by atoms with Crippen LogP contribution in [-0.4, -0.2) is 118 Å². The van der Waals surface area contributed by atoms with E-state index in [1.54, 1.807) is 30.3 Å². The Morgan fingerprint density at radius 2 is 0.942 bits per heavy atom. The van der Waals surface area contributed by atoms with Gasteiger partial charge in [0.1, 0.15) is 13.2 Å². The highest BCUT2D eigenvalue weighted by atomic mass is 16.5. The van der Waals surface area contributed by atoms with Crippen molar-refractivity contribution in [3.63, 3.8) is 0 Å². The minimum atomic E-state index is -1.05. The molecular formula is C37H46NO14+. The largest absolute Gasteiger partial charge is 0.504 e. The van der Waals surface area contributed by atoms with E-state index in [4.69, 9.17) is 38.6 Å². The third-order valence-electron chi connectivity index (χ3n) is 6.46. The summed E-state index contributed by atoms with van der Waals surface area (Å²) in [6.07, 6.45) is 7.73. The van der Waals surface area contributed by atoms with Crippen LogP contribution in [0.4, 0.5) is 0 Å². The maximum absolute atomic E-state index is 11.7. The fraction of sp³-hybridized carbons (Fsp3) is 0.270. The topological polar surface area (TPSA) is 208 Å². The summed E-state index contributed by atoms with van der Waals surface area (Å²) in [7, 11) is 13.2. The van der Waals surface area contributed by atoms with E-state index >= 15 is 0 Å². The molecule has 0 saturated carbocycles. The molecule has 0 atom stereocenters.